The van der Waals surface area contributed by atoms with Crippen LogP contribution in [-0.2, 0) is 37.0 Å². The van der Waals surface area contributed by atoms with E-state index in [1.54, 1.807) is 19.9 Å². The molecule has 0 aliphatic carbocycles. The Hall–Kier alpha value is -2.91. The van der Waals surface area contributed by atoms with Gasteiger partial charge in [0.15, 0.2) is 15.3 Å². The first kappa shape index (κ1) is 35.6. The summed E-state index contributed by atoms with van der Waals surface area (Å²) in [5, 5.41) is 46.6. The lowest BCUT2D eigenvalue weighted by Gasteiger charge is -2.40. The van der Waals surface area contributed by atoms with Gasteiger partial charge in [0.1, 0.15) is 30.0 Å². The molecule has 1 heterocycles. The fourth-order valence-electron chi connectivity index (χ4n) is 5.05. The summed E-state index contributed by atoms with van der Waals surface area (Å²) >= 11 is 0. The number of aliphatic hydroxyl groups excluding tert-OH is 3. The summed E-state index contributed by atoms with van der Waals surface area (Å²) in [4.78, 5) is 24.8. The summed E-state index contributed by atoms with van der Waals surface area (Å²) in [5.41, 5.74) is 1.72. The molecule has 0 aromatic heterocycles. The van der Waals surface area contributed by atoms with Crippen molar-refractivity contribution in [2.45, 2.75) is 81.8 Å². The lowest BCUT2D eigenvalue weighted by molar-refractivity contribution is -0.202. The second-order valence-corrected chi connectivity index (χ2v) is 14.2. The number of aliphatic hydroxyl groups is 3. The normalized spacial score (nSPS) is 22.5. The van der Waals surface area contributed by atoms with Crippen molar-refractivity contribution in [1.82, 2.24) is 15.7 Å². The van der Waals surface area contributed by atoms with E-state index in [0.29, 0.717) is 24.8 Å². The number of nitrogens with zero attached hydrogens (tertiary/aromatic N) is 1. The van der Waals surface area contributed by atoms with Gasteiger partial charge in [-0.25, -0.2) is 8.42 Å². The Kier molecular flexibility index (Phi) is 12.1. The van der Waals surface area contributed by atoms with E-state index in [1.807, 2.05) is 43.3 Å². The number of hydroxylamine groups is 2. The molecule has 1 aliphatic rings. The van der Waals surface area contributed by atoms with Crippen LogP contribution in [0.25, 0.3) is 0 Å². The van der Waals surface area contributed by atoms with Gasteiger partial charge in [-0.1, -0.05) is 42.5 Å². The van der Waals surface area contributed by atoms with Gasteiger partial charge >= 0.3 is 0 Å². The molecule has 12 nitrogen and oxygen atoms in total. The molecule has 1 aliphatic heterocycles. The molecule has 2 amide bonds. The van der Waals surface area contributed by atoms with E-state index < -0.39 is 45.2 Å². The smallest absolute Gasteiger partial charge is 0.245 e. The third-order valence-electron chi connectivity index (χ3n) is 7.72. The van der Waals surface area contributed by atoms with Gasteiger partial charge in [0.05, 0.1) is 0 Å². The molecule has 3 rings (SSSR count). The van der Waals surface area contributed by atoms with Gasteiger partial charge in [0, 0.05) is 32.8 Å². The van der Waals surface area contributed by atoms with E-state index >= 15 is 0 Å². The molecule has 0 unspecified atom stereocenters. The zero-order chi connectivity index (χ0) is 32.8. The highest BCUT2D eigenvalue weighted by molar-refractivity contribution is 7.91. The highest BCUT2D eigenvalue weighted by atomic mass is 32.2. The number of carbonyl (C=O) groups is 2. The van der Waals surface area contributed by atoms with Crippen LogP contribution in [0.4, 0.5) is 0 Å². The lowest BCUT2D eigenvalue weighted by Crippen LogP contribution is -2.56. The molecular formula is C31H45N3O9S. The molecule has 5 atom stereocenters. The van der Waals surface area contributed by atoms with Gasteiger partial charge < -0.3 is 35.9 Å². The van der Waals surface area contributed by atoms with Crippen LogP contribution in [0.1, 0.15) is 60.6 Å². The maximum Gasteiger partial charge on any atom is 0.245 e. The van der Waals surface area contributed by atoms with E-state index in [9.17, 15) is 38.5 Å². The molecule has 1 fully saturated rings. The standard InChI is InChI=1S/C31H45N3O9S/c1-19-9-14-22(28-26(37)25(36)27(38)29(43-28)44(5,41)42)18-23(19)17-21-12-10-20(11-13-21)7-6-8-24(35)33-31(2,3)30(39)32-15-16-34(4)40/h9-14,18,25-29,36-38,40H,6-8,15-17H2,1-5H3,(H,32,39)(H,33,35)/t25-,26-,27+,28+,29-/m1/s1. The first-order valence-electron chi connectivity index (χ1n) is 14.5. The van der Waals surface area contributed by atoms with E-state index in [1.165, 1.54) is 7.05 Å². The SMILES string of the molecule is Cc1ccc([C@@H]2O[C@H](S(C)(=O)=O)[C@@H](O)[C@H](O)[C@H]2O)cc1Cc1ccc(CCCC(=O)NC(C)(C)C(=O)NCCN(C)O)cc1. The number of aryl methyl sites for hydroxylation is 2. The summed E-state index contributed by atoms with van der Waals surface area (Å²) in [6, 6.07) is 13.3. The number of carbonyl (C=O) groups excluding carboxylic acids is 2. The lowest BCUT2D eigenvalue weighted by atomic mass is 9.91. The van der Waals surface area contributed by atoms with E-state index in [4.69, 9.17) is 4.74 Å². The van der Waals surface area contributed by atoms with Gasteiger partial charge in [-0.15, -0.1) is 0 Å². The average molecular weight is 636 g/mol. The number of hydrogen-bond donors (Lipinski definition) is 6. The van der Waals surface area contributed by atoms with Crippen LogP contribution >= 0.6 is 0 Å². The first-order chi connectivity index (χ1) is 20.5. The molecule has 0 radical (unpaired) electrons. The zero-order valence-electron chi connectivity index (χ0n) is 25.9. The Morgan fingerprint density at radius 1 is 1.00 bits per heavy atom. The fourth-order valence-corrected chi connectivity index (χ4v) is 6.04. The number of nitrogens with one attached hydrogen (secondary N) is 2. The second kappa shape index (κ2) is 14.9. The summed E-state index contributed by atoms with van der Waals surface area (Å²) in [6.07, 6.45) is -3.12. The van der Waals surface area contributed by atoms with Gasteiger partial charge in [-0.3, -0.25) is 9.59 Å². The van der Waals surface area contributed by atoms with Crippen LogP contribution in [0.3, 0.4) is 0 Å². The molecular weight excluding hydrogens is 590 g/mol. The van der Waals surface area contributed by atoms with E-state index in [0.717, 1.165) is 33.6 Å². The van der Waals surface area contributed by atoms with Crippen molar-refractivity contribution in [3.63, 3.8) is 0 Å². The molecule has 0 spiro atoms. The highest BCUT2D eigenvalue weighted by Crippen LogP contribution is 2.35. The third kappa shape index (κ3) is 9.54. The largest absolute Gasteiger partial charge is 0.387 e. The summed E-state index contributed by atoms with van der Waals surface area (Å²) in [5.74, 6) is -0.561. The Labute approximate surface area is 258 Å². The van der Waals surface area contributed by atoms with Crippen molar-refractivity contribution in [2.75, 3.05) is 26.4 Å². The Morgan fingerprint density at radius 2 is 1.64 bits per heavy atom. The summed E-state index contributed by atoms with van der Waals surface area (Å²) < 4.78 is 29.8. The number of likely N-dealkylation sites (N-methyl/N-ethyl adjacent to an activating group) is 1. The van der Waals surface area contributed by atoms with Gasteiger partial charge in [0.25, 0.3) is 0 Å². The number of amides is 2. The quantitative estimate of drug-likeness (QED) is 0.172. The fraction of sp³-hybridized carbons (Fsp3) is 0.548. The van der Waals surface area contributed by atoms with Crippen LogP contribution in [0.5, 0.6) is 0 Å². The van der Waals surface area contributed by atoms with Crippen LogP contribution in [0.2, 0.25) is 0 Å². The van der Waals surface area contributed by atoms with Crippen molar-refractivity contribution < 1.29 is 43.3 Å². The van der Waals surface area contributed by atoms with Gasteiger partial charge in [-0.2, -0.15) is 5.06 Å². The minimum absolute atomic E-state index is 0.228. The molecule has 44 heavy (non-hydrogen) atoms. The first-order valence-corrected chi connectivity index (χ1v) is 16.5. The average Bonchev–Trinajstić information content (AvgIpc) is 2.93. The van der Waals surface area contributed by atoms with Gasteiger partial charge in [-0.05, 0) is 67.9 Å². The molecule has 0 bridgehead atoms. The van der Waals surface area contributed by atoms with Crippen molar-refractivity contribution in [1.29, 1.82) is 0 Å². The third-order valence-corrected chi connectivity index (χ3v) is 8.95. The monoisotopic (exact) mass is 635 g/mol. The number of benzene rings is 2. The van der Waals surface area contributed by atoms with E-state index in [2.05, 4.69) is 10.6 Å². The minimum Gasteiger partial charge on any atom is -0.387 e. The Morgan fingerprint density at radius 3 is 2.25 bits per heavy atom. The van der Waals surface area contributed by atoms with Crippen LogP contribution in [-0.4, -0.2) is 102 Å². The van der Waals surface area contributed by atoms with Gasteiger partial charge in [0.2, 0.25) is 11.8 Å². The molecule has 2 aromatic rings. The van der Waals surface area contributed by atoms with E-state index in [-0.39, 0.29) is 31.3 Å². The second-order valence-electron chi connectivity index (χ2n) is 12.1. The number of hydrogen-bond acceptors (Lipinski definition) is 10. The number of rotatable bonds is 13. The Bertz CT molecular complexity index is 1400. The maximum absolute atomic E-state index is 12.5. The molecule has 13 heteroatoms. The summed E-state index contributed by atoms with van der Waals surface area (Å²) in [7, 11) is -2.38. The van der Waals surface area contributed by atoms with Crippen LogP contribution in [0, 0.1) is 6.92 Å². The van der Waals surface area contributed by atoms with Crippen molar-refractivity contribution >= 4 is 21.7 Å². The topological polar surface area (TPSA) is 186 Å². The Balaban J connectivity index is 1.57. The maximum atomic E-state index is 12.5. The van der Waals surface area contributed by atoms with Crippen molar-refractivity contribution in [2.24, 2.45) is 0 Å². The molecule has 1 saturated heterocycles. The summed E-state index contributed by atoms with van der Waals surface area (Å²) in [6.45, 7) is 5.72. The van der Waals surface area contributed by atoms with Crippen LogP contribution in [0.15, 0.2) is 42.5 Å². The molecule has 0 saturated carbocycles. The zero-order valence-corrected chi connectivity index (χ0v) is 26.7. The van der Waals surface area contributed by atoms with Crippen molar-refractivity contribution in [3.05, 3.63) is 70.3 Å². The predicted molar refractivity (Wildman–Crippen MR) is 163 cm³/mol. The number of sulfone groups is 1. The molecule has 2 aromatic carbocycles. The van der Waals surface area contributed by atoms with Crippen LogP contribution < -0.4 is 10.6 Å². The predicted octanol–water partition coefficient (Wildman–Crippen LogP) is 0.765. The highest BCUT2D eigenvalue weighted by Gasteiger charge is 2.48. The number of ether oxygens (including phenoxy) is 1. The minimum atomic E-state index is -3.86. The molecule has 6 N–H and O–H groups in total. The van der Waals surface area contributed by atoms with Crippen molar-refractivity contribution in [3.8, 4) is 0 Å². The molecule has 244 valence electrons.